The number of nitrogens with zero attached hydrogens (tertiary/aromatic N) is 1. The number of halogens is 2. The Bertz CT molecular complexity index is 1130. The van der Waals surface area contributed by atoms with Crippen LogP contribution in [0.5, 0.6) is 0 Å². The molecule has 5 nitrogen and oxygen atoms in total. The van der Waals surface area contributed by atoms with Crippen LogP contribution in [0.4, 0.5) is 5.69 Å². The van der Waals surface area contributed by atoms with E-state index in [1.165, 1.54) is 18.2 Å². The summed E-state index contributed by atoms with van der Waals surface area (Å²) in [5, 5.41) is 3.35. The molecule has 1 N–H and O–H groups in total. The van der Waals surface area contributed by atoms with Gasteiger partial charge in [-0.3, -0.25) is 4.79 Å². The fourth-order valence-electron chi connectivity index (χ4n) is 2.81. The smallest absolute Gasteiger partial charge is 0.243 e. The third-order valence-electron chi connectivity index (χ3n) is 4.38. The number of carbonyl (C=O) groups excluding carboxylic acids is 1. The first-order valence-electron chi connectivity index (χ1n) is 9.11. The molecule has 156 valence electrons. The molecule has 0 fully saturated rings. The molecule has 0 bridgehead atoms. The monoisotopic (exact) mass is 462 g/mol. The summed E-state index contributed by atoms with van der Waals surface area (Å²) in [6.45, 7) is 1.62. The van der Waals surface area contributed by atoms with Gasteiger partial charge in [0.15, 0.2) is 0 Å². The molecule has 8 heteroatoms. The first-order valence-corrected chi connectivity index (χ1v) is 11.3. The molecule has 3 aromatic carbocycles. The van der Waals surface area contributed by atoms with Crippen LogP contribution in [0.2, 0.25) is 10.0 Å². The van der Waals surface area contributed by atoms with E-state index in [-0.39, 0.29) is 18.0 Å². The van der Waals surface area contributed by atoms with Crippen molar-refractivity contribution < 1.29 is 13.2 Å². The molecule has 3 rings (SSSR count). The van der Waals surface area contributed by atoms with Crippen molar-refractivity contribution in [3.8, 4) is 0 Å². The fraction of sp³-hybridized carbons (Fsp3) is 0.136. The van der Waals surface area contributed by atoms with Gasteiger partial charge in [0, 0.05) is 11.6 Å². The zero-order chi connectivity index (χ0) is 21.7. The Morgan fingerprint density at radius 3 is 2.30 bits per heavy atom. The van der Waals surface area contributed by atoms with Crippen molar-refractivity contribution >= 4 is 44.8 Å². The average Bonchev–Trinajstić information content (AvgIpc) is 2.72. The summed E-state index contributed by atoms with van der Waals surface area (Å²) in [5.41, 5.74) is 2.15. The minimum atomic E-state index is -3.90. The number of carbonyl (C=O) groups is 1. The highest BCUT2D eigenvalue weighted by Crippen LogP contribution is 2.26. The Morgan fingerprint density at radius 1 is 0.967 bits per heavy atom. The summed E-state index contributed by atoms with van der Waals surface area (Å²) in [6, 6.07) is 20.2. The van der Waals surface area contributed by atoms with Crippen LogP contribution in [-0.4, -0.2) is 25.2 Å². The standard InChI is InChI=1S/C22H20Cl2N2O3S/c1-16-7-9-17(10-8-16)14-26(30(28,29)19-5-3-2-4-6-19)15-22(27)25-21-13-18(23)11-12-20(21)24/h2-13H,14-15H2,1H3,(H,25,27). The Morgan fingerprint density at radius 2 is 1.63 bits per heavy atom. The van der Waals surface area contributed by atoms with Crippen molar-refractivity contribution in [2.45, 2.75) is 18.4 Å². The van der Waals surface area contributed by atoms with Gasteiger partial charge in [0.05, 0.1) is 22.2 Å². The topological polar surface area (TPSA) is 66.5 Å². The zero-order valence-corrected chi connectivity index (χ0v) is 18.5. The van der Waals surface area contributed by atoms with E-state index in [2.05, 4.69) is 5.32 Å². The van der Waals surface area contributed by atoms with Gasteiger partial charge >= 0.3 is 0 Å². The van der Waals surface area contributed by atoms with Gasteiger partial charge in [0.2, 0.25) is 15.9 Å². The molecule has 1 amide bonds. The number of rotatable bonds is 7. The summed E-state index contributed by atoms with van der Waals surface area (Å²) >= 11 is 12.1. The number of hydrogen-bond donors (Lipinski definition) is 1. The van der Waals surface area contributed by atoms with E-state index in [9.17, 15) is 13.2 Å². The van der Waals surface area contributed by atoms with Gasteiger partial charge in [-0.25, -0.2) is 8.42 Å². The van der Waals surface area contributed by atoms with Crippen LogP contribution in [0, 0.1) is 6.92 Å². The lowest BCUT2D eigenvalue weighted by Gasteiger charge is -2.22. The number of sulfonamides is 1. The van der Waals surface area contributed by atoms with Crippen LogP contribution in [0.15, 0.2) is 77.7 Å². The lowest BCUT2D eigenvalue weighted by atomic mass is 10.1. The van der Waals surface area contributed by atoms with Crippen LogP contribution in [-0.2, 0) is 21.4 Å². The molecule has 0 heterocycles. The Labute approximate surface area is 186 Å². The van der Waals surface area contributed by atoms with E-state index in [0.717, 1.165) is 15.4 Å². The normalized spacial score (nSPS) is 11.5. The molecule has 0 aliphatic rings. The third-order valence-corrected chi connectivity index (χ3v) is 6.75. The lowest BCUT2D eigenvalue weighted by molar-refractivity contribution is -0.116. The molecule has 0 saturated heterocycles. The van der Waals surface area contributed by atoms with Gasteiger partial charge in [0.1, 0.15) is 0 Å². The summed E-state index contributed by atoms with van der Waals surface area (Å²) < 4.78 is 27.6. The summed E-state index contributed by atoms with van der Waals surface area (Å²) in [5.74, 6) is -0.522. The van der Waals surface area contributed by atoms with Crippen molar-refractivity contribution in [2.24, 2.45) is 0 Å². The lowest BCUT2D eigenvalue weighted by Crippen LogP contribution is -2.37. The van der Waals surface area contributed by atoms with Crippen molar-refractivity contribution in [3.63, 3.8) is 0 Å². The number of aryl methyl sites for hydroxylation is 1. The Hall–Kier alpha value is -2.38. The molecule has 0 atom stereocenters. The van der Waals surface area contributed by atoms with Gasteiger partial charge in [-0.05, 0) is 42.8 Å². The zero-order valence-electron chi connectivity index (χ0n) is 16.2. The molecule has 3 aromatic rings. The van der Waals surface area contributed by atoms with Gasteiger partial charge < -0.3 is 5.32 Å². The van der Waals surface area contributed by atoms with Gasteiger partial charge in [-0.15, -0.1) is 0 Å². The predicted molar refractivity (Wildman–Crippen MR) is 120 cm³/mol. The first kappa shape index (κ1) is 22.3. The minimum Gasteiger partial charge on any atom is -0.324 e. The van der Waals surface area contributed by atoms with Crippen molar-refractivity contribution in [2.75, 3.05) is 11.9 Å². The average molecular weight is 463 g/mol. The number of hydrogen-bond acceptors (Lipinski definition) is 3. The molecule has 30 heavy (non-hydrogen) atoms. The summed E-state index contributed by atoms with van der Waals surface area (Å²) in [7, 11) is -3.90. The maximum Gasteiger partial charge on any atom is 0.243 e. The Balaban J connectivity index is 1.87. The van der Waals surface area contributed by atoms with E-state index < -0.39 is 15.9 Å². The molecule has 0 aromatic heterocycles. The maximum atomic E-state index is 13.2. The van der Waals surface area contributed by atoms with Crippen molar-refractivity contribution in [1.82, 2.24) is 4.31 Å². The fourth-order valence-corrected chi connectivity index (χ4v) is 4.55. The highest BCUT2D eigenvalue weighted by molar-refractivity contribution is 7.89. The van der Waals surface area contributed by atoms with E-state index >= 15 is 0 Å². The second-order valence-corrected chi connectivity index (χ2v) is 9.53. The van der Waals surface area contributed by atoms with Crippen LogP contribution in [0.25, 0.3) is 0 Å². The molecule has 0 saturated carbocycles. The van der Waals surface area contributed by atoms with Crippen LogP contribution in [0.3, 0.4) is 0 Å². The van der Waals surface area contributed by atoms with Gasteiger partial charge in [0.25, 0.3) is 0 Å². The highest BCUT2D eigenvalue weighted by Gasteiger charge is 2.27. The van der Waals surface area contributed by atoms with Gasteiger partial charge in [-0.1, -0.05) is 71.2 Å². The third kappa shape index (κ3) is 5.61. The SMILES string of the molecule is Cc1ccc(CN(CC(=O)Nc2cc(Cl)ccc2Cl)S(=O)(=O)c2ccccc2)cc1. The summed E-state index contributed by atoms with van der Waals surface area (Å²) in [4.78, 5) is 12.8. The molecule has 0 radical (unpaired) electrons. The molecule has 0 spiro atoms. The number of anilines is 1. The molecular weight excluding hydrogens is 443 g/mol. The van der Waals surface area contributed by atoms with Gasteiger partial charge in [-0.2, -0.15) is 4.31 Å². The number of benzene rings is 3. The maximum absolute atomic E-state index is 13.2. The second kappa shape index (κ2) is 9.62. The molecule has 0 unspecified atom stereocenters. The van der Waals surface area contributed by atoms with Crippen LogP contribution < -0.4 is 5.32 Å². The van der Waals surface area contributed by atoms with Crippen molar-refractivity contribution in [3.05, 3.63) is 94.0 Å². The van der Waals surface area contributed by atoms with E-state index in [1.807, 2.05) is 31.2 Å². The van der Waals surface area contributed by atoms with E-state index in [1.54, 1.807) is 30.3 Å². The van der Waals surface area contributed by atoms with Crippen molar-refractivity contribution in [1.29, 1.82) is 0 Å². The molecular formula is C22H20Cl2N2O3S. The number of amides is 1. The van der Waals surface area contributed by atoms with E-state index in [0.29, 0.717) is 15.7 Å². The second-order valence-electron chi connectivity index (χ2n) is 6.74. The van der Waals surface area contributed by atoms with E-state index in [4.69, 9.17) is 23.2 Å². The molecule has 0 aliphatic heterocycles. The molecule has 0 aliphatic carbocycles. The largest absolute Gasteiger partial charge is 0.324 e. The first-order chi connectivity index (χ1) is 14.3. The summed E-state index contributed by atoms with van der Waals surface area (Å²) in [6.07, 6.45) is 0. The van der Waals surface area contributed by atoms with Crippen LogP contribution >= 0.6 is 23.2 Å². The Kier molecular flexibility index (Phi) is 7.15. The van der Waals surface area contributed by atoms with Crippen LogP contribution in [0.1, 0.15) is 11.1 Å². The highest BCUT2D eigenvalue weighted by atomic mass is 35.5. The number of nitrogens with one attached hydrogen (secondary N) is 1. The quantitative estimate of drug-likeness (QED) is 0.528. The predicted octanol–water partition coefficient (Wildman–Crippen LogP) is 5.13. The minimum absolute atomic E-state index is 0.0498.